The van der Waals surface area contributed by atoms with Crippen LogP contribution in [0, 0.1) is 0 Å². The van der Waals surface area contributed by atoms with Crippen molar-refractivity contribution in [1.29, 1.82) is 0 Å². The fourth-order valence-corrected chi connectivity index (χ4v) is 4.27. The van der Waals surface area contributed by atoms with Gasteiger partial charge >= 0.3 is 0 Å². The van der Waals surface area contributed by atoms with Crippen LogP contribution >= 0.6 is 0 Å². The smallest absolute Gasteiger partial charge is 0.241 e. The third-order valence-corrected chi connectivity index (χ3v) is 5.37. The molecule has 2 unspecified atom stereocenters. The van der Waals surface area contributed by atoms with Crippen molar-refractivity contribution in [1.82, 2.24) is 4.72 Å². The molecule has 20 heavy (non-hydrogen) atoms. The molecule has 1 aromatic carbocycles. The van der Waals surface area contributed by atoms with Gasteiger partial charge in [-0.15, -0.1) is 0 Å². The first-order valence-electron chi connectivity index (χ1n) is 7.03. The van der Waals surface area contributed by atoms with Crippen LogP contribution in [0.15, 0.2) is 23.1 Å². The Morgan fingerprint density at radius 3 is 2.70 bits per heavy atom. The first kappa shape index (κ1) is 15.3. The summed E-state index contributed by atoms with van der Waals surface area (Å²) < 4.78 is 27.6. The highest BCUT2D eigenvalue weighted by Crippen LogP contribution is 2.23. The van der Waals surface area contributed by atoms with Crippen molar-refractivity contribution in [2.75, 3.05) is 5.73 Å². The lowest BCUT2D eigenvalue weighted by Gasteiger charge is -2.28. The molecule has 4 N–H and O–H groups in total. The zero-order valence-electron chi connectivity index (χ0n) is 11.7. The Labute approximate surface area is 120 Å². The molecule has 5 nitrogen and oxygen atoms in total. The quantitative estimate of drug-likeness (QED) is 0.733. The molecule has 1 aromatic rings. The maximum atomic E-state index is 12.5. The van der Waals surface area contributed by atoms with Crippen LogP contribution in [0.4, 0.5) is 5.69 Å². The number of aryl methyl sites for hydroxylation is 1. The Morgan fingerprint density at radius 1 is 1.35 bits per heavy atom. The Hall–Kier alpha value is -1.11. The maximum absolute atomic E-state index is 12.5. The van der Waals surface area contributed by atoms with Crippen LogP contribution < -0.4 is 10.5 Å². The summed E-state index contributed by atoms with van der Waals surface area (Å²) in [5.74, 6) is 0. The van der Waals surface area contributed by atoms with Gasteiger partial charge in [-0.05, 0) is 37.0 Å². The van der Waals surface area contributed by atoms with Crippen molar-refractivity contribution in [2.24, 2.45) is 0 Å². The van der Waals surface area contributed by atoms with Crippen LogP contribution in [0.25, 0.3) is 0 Å². The van der Waals surface area contributed by atoms with E-state index in [1.165, 1.54) is 6.07 Å². The second kappa shape index (κ2) is 6.11. The summed E-state index contributed by atoms with van der Waals surface area (Å²) in [5.41, 5.74) is 6.85. The molecule has 0 aliphatic heterocycles. The van der Waals surface area contributed by atoms with Gasteiger partial charge in [0.05, 0.1) is 11.0 Å². The van der Waals surface area contributed by atoms with Crippen LogP contribution in [0.3, 0.4) is 0 Å². The second-order valence-corrected chi connectivity index (χ2v) is 6.98. The number of aliphatic hydroxyl groups excluding tert-OH is 1. The third-order valence-electron chi connectivity index (χ3n) is 3.80. The Kier molecular flexibility index (Phi) is 4.67. The molecule has 0 amide bonds. The van der Waals surface area contributed by atoms with E-state index in [0.29, 0.717) is 24.9 Å². The molecule has 0 radical (unpaired) electrons. The molecular formula is C14H22N2O3S. The minimum absolute atomic E-state index is 0.220. The van der Waals surface area contributed by atoms with Gasteiger partial charge in [0.15, 0.2) is 0 Å². The zero-order valence-corrected chi connectivity index (χ0v) is 12.5. The summed E-state index contributed by atoms with van der Waals surface area (Å²) in [6.45, 7) is 1.90. The maximum Gasteiger partial charge on any atom is 0.241 e. The van der Waals surface area contributed by atoms with E-state index in [0.717, 1.165) is 18.4 Å². The summed E-state index contributed by atoms with van der Waals surface area (Å²) in [5, 5.41) is 9.91. The van der Waals surface area contributed by atoms with E-state index in [9.17, 15) is 13.5 Å². The number of rotatable bonds is 4. The van der Waals surface area contributed by atoms with Crippen LogP contribution in [0.1, 0.15) is 38.2 Å². The van der Waals surface area contributed by atoms with Crippen LogP contribution in [-0.2, 0) is 16.4 Å². The molecule has 1 aliphatic rings. The lowest BCUT2D eigenvalue weighted by molar-refractivity contribution is 0.101. The topological polar surface area (TPSA) is 92.4 Å². The predicted molar refractivity (Wildman–Crippen MR) is 78.8 cm³/mol. The van der Waals surface area contributed by atoms with E-state index in [2.05, 4.69) is 4.72 Å². The largest absolute Gasteiger partial charge is 0.399 e. The number of benzene rings is 1. The molecule has 1 fully saturated rings. The number of nitrogen functional groups attached to an aromatic ring is 1. The molecule has 0 bridgehead atoms. The second-order valence-electron chi connectivity index (χ2n) is 5.30. The molecule has 0 aromatic heterocycles. The van der Waals surface area contributed by atoms with Crippen LogP contribution in [-0.4, -0.2) is 25.7 Å². The van der Waals surface area contributed by atoms with Gasteiger partial charge in [-0.2, -0.15) is 0 Å². The van der Waals surface area contributed by atoms with Gasteiger partial charge in [0.25, 0.3) is 0 Å². The third kappa shape index (κ3) is 3.31. The lowest BCUT2D eigenvalue weighted by atomic mass is 9.93. The van der Waals surface area contributed by atoms with Gasteiger partial charge < -0.3 is 10.8 Å². The van der Waals surface area contributed by atoms with Crippen LogP contribution in [0.5, 0.6) is 0 Å². The monoisotopic (exact) mass is 298 g/mol. The van der Waals surface area contributed by atoms with Crippen molar-refractivity contribution >= 4 is 15.7 Å². The Bertz CT molecular complexity index is 572. The molecular weight excluding hydrogens is 276 g/mol. The van der Waals surface area contributed by atoms with E-state index in [4.69, 9.17) is 5.73 Å². The molecule has 0 saturated heterocycles. The molecule has 2 atom stereocenters. The normalized spacial score (nSPS) is 23.7. The van der Waals surface area contributed by atoms with Gasteiger partial charge in [-0.1, -0.05) is 25.8 Å². The van der Waals surface area contributed by atoms with E-state index >= 15 is 0 Å². The number of sulfonamides is 1. The Morgan fingerprint density at radius 2 is 2.05 bits per heavy atom. The predicted octanol–water partition coefficient (Wildman–Crippen LogP) is 1.41. The minimum atomic E-state index is -3.65. The average Bonchev–Trinajstić information content (AvgIpc) is 2.41. The van der Waals surface area contributed by atoms with Crippen molar-refractivity contribution in [3.8, 4) is 0 Å². The van der Waals surface area contributed by atoms with Gasteiger partial charge in [0.2, 0.25) is 10.0 Å². The molecule has 2 rings (SSSR count). The van der Waals surface area contributed by atoms with E-state index < -0.39 is 22.2 Å². The molecule has 1 saturated carbocycles. The van der Waals surface area contributed by atoms with Crippen molar-refractivity contribution in [3.63, 3.8) is 0 Å². The van der Waals surface area contributed by atoms with Crippen molar-refractivity contribution in [3.05, 3.63) is 23.8 Å². The summed E-state index contributed by atoms with van der Waals surface area (Å²) in [7, 11) is -3.65. The number of anilines is 1. The summed E-state index contributed by atoms with van der Waals surface area (Å²) in [6, 6.07) is 4.52. The van der Waals surface area contributed by atoms with Crippen molar-refractivity contribution in [2.45, 2.75) is 56.1 Å². The summed E-state index contributed by atoms with van der Waals surface area (Å²) in [4.78, 5) is 0.220. The number of aliphatic hydroxyl groups is 1. The highest BCUT2D eigenvalue weighted by molar-refractivity contribution is 7.89. The zero-order chi connectivity index (χ0) is 14.8. The van der Waals surface area contributed by atoms with E-state index in [1.807, 2.05) is 6.92 Å². The minimum Gasteiger partial charge on any atom is -0.399 e. The fraction of sp³-hybridized carbons (Fsp3) is 0.571. The van der Waals surface area contributed by atoms with Gasteiger partial charge in [-0.3, -0.25) is 0 Å². The summed E-state index contributed by atoms with van der Waals surface area (Å²) in [6.07, 6.45) is 3.20. The molecule has 1 aliphatic carbocycles. The summed E-state index contributed by atoms with van der Waals surface area (Å²) >= 11 is 0. The Balaban J connectivity index is 2.28. The SMILES string of the molecule is CCc1ccc(N)cc1S(=O)(=O)NC1CCCCC1O. The fourth-order valence-electron chi connectivity index (χ4n) is 2.62. The van der Waals surface area contributed by atoms with Crippen LogP contribution in [0.2, 0.25) is 0 Å². The van der Waals surface area contributed by atoms with Gasteiger partial charge in [0.1, 0.15) is 0 Å². The first-order valence-corrected chi connectivity index (χ1v) is 8.51. The van der Waals surface area contributed by atoms with Gasteiger partial charge in [0, 0.05) is 11.7 Å². The van der Waals surface area contributed by atoms with E-state index in [1.54, 1.807) is 12.1 Å². The van der Waals surface area contributed by atoms with Gasteiger partial charge in [-0.25, -0.2) is 13.1 Å². The number of nitrogens with one attached hydrogen (secondary N) is 1. The standard InChI is InChI=1S/C14H22N2O3S/c1-2-10-7-8-11(15)9-14(10)20(18,19)16-12-5-3-4-6-13(12)17/h7-9,12-13,16-17H,2-6,15H2,1H3. The molecule has 6 heteroatoms. The number of hydrogen-bond donors (Lipinski definition) is 3. The highest BCUT2D eigenvalue weighted by Gasteiger charge is 2.29. The van der Waals surface area contributed by atoms with E-state index in [-0.39, 0.29) is 4.90 Å². The molecule has 0 heterocycles. The number of hydrogen-bond acceptors (Lipinski definition) is 4. The van der Waals surface area contributed by atoms with Crippen molar-refractivity contribution < 1.29 is 13.5 Å². The highest BCUT2D eigenvalue weighted by atomic mass is 32.2. The molecule has 112 valence electrons. The first-order chi connectivity index (χ1) is 9.44. The average molecular weight is 298 g/mol. The lowest BCUT2D eigenvalue weighted by Crippen LogP contribution is -2.45. The number of nitrogens with two attached hydrogens (primary N) is 1. The molecule has 0 spiro atoms.